The van der Waals surface area contributed by atoms with E-state index < -0.39 is 6.04 Å². The summed E-state index contributed by atoms with van der Waals surface area (Å²) >= 11 is 5.96. The Morgan fingerprint density at radius 2 is 1.79 bits per heavy atom. The standard InChI is InChI=1S/C23H29ClN2O3/c1-3-15-25-23(28)18(2)26(17-19-11-13-20(24)14-12-19)22(27)10-7-16-29-21-8-5-4-6-9-21/h4-6,8-9,11-14,18H,3,7,10,15-17H2,1-2H3,(H,25,28). The van der Waals surface area contributed by atoms with Crippen molar-refractivity contribution in [3.05, 3.63) is 65.2 Å². The molecule has 0 heterocycles. The Kier molecular flexibility index (Phi) is 9.51. The first-order valence-corrected chi connectivity index (χ1v) is 10.4. The molecule has 0 bridgehead atoms. The maximum absolute atomic E-state index is 12.9. The number of benzene rings is 2. The molecule has 0 radical (unpaired) electrons. The molecule has 0 saturated heterocycles. The Morgan fingerprint density at radius 1 is 1.10 bits per heavy atom. The van der Waals surface area contributed by atoms with E-state index in [2.05, 4.69) is 5.32 Å². The lowest BCUT2D eigenvalue weighted by atomic mass is 10.1. The van der Waals surface area contributed by atoms with Crippen LogP contribution in [0.15, 0.2) is 54.6 Å². The van der Waals surface area contributed by atoms with Gasteiger partial charge in [-0.2, -0.15) is 0 Å². The first-order valence-electron chi connectivity index (χ1n) is 10.0. The molecular weight excluding hydrogens is 388 g/mol. The number of hydrogen-bond donors (Lipinski definition) is 1. The van der Waals surface area contributed by atoms with Gasteiger partial charge in [0.15, 0.2) is 0 Å². The van der Waals surface area contributed by atoms with E-state index in [4.69, 9.17) is 16.3 Å². The van der Waals surface area contributed by atoms with Crippen LogP contribution < -0.4 is 10.1 Å². The molecule has 1 unspecified atom stereocenters. The van der Waals surface area contributed by atoms with E-state index in [0.29, 0.717) is 37.6 Å². The highest BCUT2D eigenvalue weighted by Gasteiger charge is 2.25. The van der Waals surface area contributed by atoms with Crippen molar-refractivity contribution < 1.29 is 14.3 Å². The number of para-hydroxylation sites is 1. The fourth-order valence-electron chi connectivity index (χ4n) is 2.84. The number of rotatable bonds is 11. The Morgan fingerprint density at radius 3 is 2.45 bits per heavy atom. The van der Waals surface area contributed by atoms with Crippen molar-refractivity contribution in [2.45, 2.75) is 45.7 Å². The van der Waals surface area contributed by atoms with Crippen LogP contribution in [0.25, 0.3) is 0 Å². The van der Waals surface area contributed by atoms with Gasteiger partial charge in [-0.05, 0) is 49.6 Å². The number of nitrogens with one attached hydrogen (secondary N) is 1. The van der Waals surface area contributed by atoms with E-state index in [1.807, 2.05) is 49.4 Å². The minimum absolute atomic E-state index is 0.0734. The Balaban J connectivity index is 1.97. The van der Waals surface area contributed by atoms with Crippen molar-refractivity contribution in [1.29, 1.82) is 0 Å². The summed E-state index contributed by atoms with van der Waals surface area (Å²) in [6, 6.07) is 16.3. The number of halogens is 1. The van der Waals surface area contributed by atoms with Gasteiger partial charge in [-0.25, -0.2) is 0 Å². The molecule has 0 aliphatic rings. The number of carbonyl (C=O) groups excluding carboxylic acids is 2. The minimum atomic E-state index is -0.556. The van der Waals surface area contributed by atoms with Crippen LogP contribution in [0.1, 0.15) is 38.7 Å². The van der Waals surface area contributed by atoms with E-state index in [1.54, 1.807) is 24.0 Å². The van der Waals surface area contributed by atoms with Crippen molar-refractivity contribution >= 4 is 23.4 Å². The van der Waals surface area contributed by atoms with E-state index in [0.717, 1.165) is 17.7 Å². The fourth-order valence-corrected chi connectivity index (χ4v) is 2.96. The van der Waals surface area contributed by atoms with Crippen LogP contribution in [-0.2, 0) is 16.1 Å². The van der Waals surface area contributed by atoms with Gasteiger partial charge in [0.05, 0.1) is 6.61 Å². The lowest BCUT2D eigenvalue weighted by Crippen LogP contribution is -2.47. The van der Waals surface area contributed by atoms with Gasteiger partial charge in [0.25, 0.3) is 0 Å². The van der Waals surface area contributed by atoms with Gasteiger partial charge in [-0.15, -0.1) is 0 Å². The average molecular weight is 417 g/mol. The zero-order chi connectivity index (χ0) is 21.1. The van der Waals surface area contributed by atoms with E-state index in [-0.39, 0.29) is 11.8 Å². The fraction of sp³-hybridized carbons (Fsp3) is 0.391. The maximum Gasteiger partial charge on any atom is 0.242 e. The van der Waals surface area contributed by atoms with Gasteiger partial charge in [-0.1, -0.05) is 48.9 Å². The van der Waals surface area contributed by atoms with E-state index in [9.17, 15) is 9.59 Å². The molecule has 1 N–H and O–H groups in total. The molecule has 2 aromatic rings. The predicted molar refractivity (Wildman–Crippen MR) is 116 cm³/mol. The van der Waals surface area contributed by atoms with Gasteiger partial charge in [0.1, 0.15) is 11.8 Å². The van der Waals surface area contributed by atoms with E-state index >= 15 is 0 Å². The lowest BCUT2D eigenvalue weighted by Gasteiger charge is -2.29. The average Bonchev–Trinajstić information content (AvgIpc) is 2.74. The maximum atomic E-state index is 12.9. The second-order valence-corrected chi connectivity index (χ2v) is 7.32. The molecule has 0 saturated carbocycles. The molecule has 2 aromatic carbocycles. The van der Waals surface area contributed by atoms with Crippen LogP contribution >= 0.6 is 11.6 Å². The summed E-state index contributed by atoms with van der Waals surface area (Å²) in [7, 11) is 0. The van der Waals surface area contributed by atoms with E-state index in [1.165, 1.54) is 0 Å². The van der Waals surface area contributed by atoms with Gasteiger partial charge in [0.2, 0.25) is 11.8 Å². The van der Waals surface area contributed by atoms with Crippen molar-refractivity contribution in [1.82, 2.24) is 10.2 Å². The van der Waals surface area contributed by atoms with Crippen molar-refractivity contribution in [2.75, 3.05) is 13.2 Å². The Labute approximate surface area is 178 Å². The SMILES string of the molecule is CCCNC(=O)C(C)N(Cc1ccc(Cl)cc1)C(=O)CCCOc1ccccc1. The summed E-state index contributed by atoms with van der Waals surface area (Å²) in [5.74, 6) is 0.566. The smallest absolute Gasteiger partial charge is 0.242 e. The highest BCUT2D eigenvalue weighted by atomic mass is 35.5. The summed E-state index contributed by atoms with van der Waals surface area (Å²) in [4.78, 5) is 27.0. The number of hydrogen-bond acceptors (Lipinski definition) is 3. The van der Waals surface area contributed by atoms with Crippen molar-refractivity contribution in [3.63, 3.8) is 0 Å². The number of ether oxygens (including phenoxy) is 1. The molecule has 5 nitrogen and oxygen atoms in total. The van der Waals surface area contributed by atoms with Crippen molar-refractivity contribution in [2.24, 2.45) is 0 Å². The van der Waals surface area contributed by atoms with Gasteiger partial charge in [0, 0.05) is 24.5 Å². The number of nitrogens with zero attached hydrogens (tertiary/aromatic N) is 1. The van der Waals surface area contributed by atoms with Crippen LogP contribution in [0.5, 0.6) is 5.75 Å². The molecule has 0 aliphatic heterocycles. The molecule has 2 amide bonds. The quantitative estimate of drug-likeness (QED) is 0.551. The summed E-state index contributed by atoms with van der Waals surface area (Å²) in [6.07, 6.45) is 1.74. The largest absolute Gasteiger partial charge is 0.494 e. The summed E-state index contributed by atoms with van der Waals surface area (Å²) < 4.78 is 5.66. The topological polar surface area (TPSA) is 58.6 Å². The zero-order valence-electron chi connectivity index (χ0n) is 17.1. The molecule has 0 aromatic heterocycles. The Bertz CT molecular complexity index is 765. The second-order valence-electron chi connectivity index (χ2n) is 6.88. The van der Waals surface area contributed by atoms with Crippen LogP contribution in [0.2, 0.25) is 5.02 Å². The third-order valence-corrected chi connectivity index (χ3v) is 4.78. The van der Waals surface area contributed by atoms with Crippen LogP contribution in [0.3, 0.4) is 0 Å². The normalized spacial score (nSPS) is 11.6. The second kappa shape index (κ2) is 12.1. The first kappa shape index (κ1) is 22.8. The molecule has 156 valence electrons. The number of carbonyl (C=O) groups is 2. The van der Waals surface area contributed by atoms with Crippen molar-refractivity contribution in [3.8, 4) is 5.75 Å². The molecule has 6 heteroatoms. The third-order valence-electron chi connectivity index (χ3n) is 4.53. The highest BCUT2D eigenvalue weighted by molar-refractivity contribution is 6.30. The summed E-state index contributed by atoms with van der Waals surface area (Å²) in [5.41, 5.74) is 0.929. The molecule has 0 fully saturated rings. The predicted octanol–water partition coefficient (Wildman–Crippen LogP) is 4.44. The Hall–Kier alpha value is -2.53. The van der Waals surface area contributed by atoms with Gasteiger partial charge < -0.3 is 15.0 Å². The monoisotopic (exact) mass is 416 g/mol. The van der Waals surface area contributed by atoms with Crippen LogP contribution in [0, 0.1) is 0 Å². The molecule has 1 atom stereocenters. The third kappa shape index (κ3) is 7.78. The number of amides is 2. The highest BCUT2D eigenvalue weighted by Crippen LogP contribution is 2.15. The van der Waals surface area contributed by atoms with Gasteiger partial charge in [-0.3, -0.25) is 9.59 Å². The van der Waals surface area contributed by atoms with Crippen LogP contribution in [-0.4, -0.2) is 35.9 Å². The molecule has 0 aliphatic carbocycles. The molecule has 29 heavy (non-hydrogen) atoms. The summed E-state index contributed by atoms with van der Waals surface area (Å²) in [6.45, 7) is 5.15. The first-order chi connectivity index (χ1) is 14.0. The zero-order valence-corrected chi connectivity index (χ0v) is 17.8. The molecule has 2 rings (SSSR count). The van der Waals surface area contributed by atoms with Crippen LogP contribution in [0.4, 0.5) is 0 Å². The molecule has 0 spiro atoms. The van der Waals surface area contributed by atoms with Gasteiger partial charge >= 0.3 is 0 Å². The summed E-state index contributed by atoms with van der Waals surface area (Å²) in [5, 5.41) is 3.51. The molecular formula is C23H29ClN2O3. The minimum Gasteiger partial charge on any atom is -0.494 e. The lowest BCUT2D eigenvalue weighted by molar-refractivity contribution is -0.140.